The molecule has 1 aromatic heterocycles. The monoisotopic (exact) mass is 445 g/mol. The standard InChI is InChI=1S/C27H31N3O3/c1-27-11-9-21-20-5-4-18(26(33)30(2)12-10-25(31)32)13-17(20)3-6-22(21)24(27)8-7-23(27)19-14-28-16-29-15-19/h4-5,7,13-16,21-22,24H,3,6,8-12H2,1-2H3,(H,31,32)/t21?,22?,24?,27-/m1/s1. The summed E-state index contributed by atoms with van der Waals surface area (Å²) in [5.41, 5.74) is 6.12. The summed E-state index contributed by atoms with van der Waals surface area (Å²) in [4.78, 5) is 33.7. The highest BCUT2D eigenvalue weighted by molar-refractivity contribution is 5.94. The lowest BCUT2D eigenvalue weighted by molar-refractivity contribution is -0.137. The van der Waals surface area contributed by atoms with Crippen molar-refractivity contribution in [2.45, 2.75) is 51.4 Å². The molecule has 0 bridgehead atoms. The van der Waals surface area contributed by atoms with E-state index in [1.165, 1.54) is 21.6 Å². The molecule has 33 heavy (non-hydrogen) atoms. The Morgan fingerprint density at radius 1 is 1.21 bits per heavy atom. The number of aliphatic carboxylic acids is 1. The van der Waals surface area contributed by atoms with E-state index >= 15 is 0 Å². The average Bonchev–Trinajstić information content (AvgIpc) is 3.19. The predicted octanol–water partition coefficient (Wildman–Crippen LogP) is 4.57. The van der Waals surface area contributed by atoms with Gasteiger partial charge in [0.2, 0.25) is 0 Å². The maximum atomic E-state index is 12.8. The van der Waals surface area contributed by atoms with Gasteiger partial charge in [0.25, 0.3) is 5.91 Å². The lowest BCUT2D eigenvalue weighted by Gasteiger charge is -2.50. The van der Waals surface area contributed by atoms with Crippen molar-refractivity contribution < 1.29 is 14.7 Å². The molecule has 1 saturated carbocycles. The maximum Gasteiger partial charge on any atom is 0.305 e. The van der Waals surface area contributed by atoms with E-state index in [2.05, 4.69) is 35.1 Å². The highest BCUT2D eigenvalue weighted by Crippen LogP contribution is 2.63. The Morgan fingerprint density at radius 3 is 2.76 bits per heavy atom. The Labute approximate surface area is 194 Å². The second kappa shape index (κ2) is 8.40. The number of aromatic nitrogens is 2. The molecular formula is C27H31N3O3. The van der Waals surface area contributed by atoms with Gasteiger partial charge in [-0.3, -0.25) is 9.59 Å². The molecule has 1 fully saturated rings. The van der Waals surface area contributed by atoms with Crippen LogP contribution in [0.3, 0.4) is 0 Å². The van der Waals surface area contributed by atoms with E-state index in [1.54, 1.807) is 13.4 Å². The van der Waals surface area contributed by atoms with Crippen LogP contribution in [0, 0.1) is 17.3 Å². The Balaban J connectivity index is 1.35. The summed E-state index contributed by atoms with van der Waals surface area (Å²) in [5.74, 6) is 0.824. The van der Waals surface area contributed by atoms with Crippen LogP contribution in [0.15, 0.2) is 43.0 Å². The summed E-state index contributed by atoms with van der Waals surface area (Å²) < 4.78 is 0. The zero-order valence-corrected chi connectivity index (χ0v) is 19.3. The number of carboxylic acid groups (broad SMARTS) is 1. The number of carboxylic acids is 1. The van der Waals surface area contributed by atoms with Crippen LogP contribution in [0.2, 0.25) is 0 Å². The Kier molecular flexibility index (Phi) is 5.55. The number of hydrogen-bond acceptors (Lipinski definition) is 4. The molecule has 4 atom stereocenters. The summed E-state index contributed by atoms with van der Waals surface area (Å²) >= 11 is 0. The van der Waals surface area contributed by atoms with Crippen LogP contribution in [-0.4, -0.2) is 45.4 Å². The third kappa shape index (κ3) is 3.75. The first kappa shape index (κ1) is 21.8. The lowest BCUT2D eigenvalue weighted by Crippen LogP contribution is -2.41. The van der Waals surface area contributed by atoms with Crippen LogP contribution >= 0.6 is 0 Å². The summed E-state index contributed by atoms with van der Waals surface area (Å²) in [6.07, 6.45) is 13.4. The van der Waals surface area contributed by atoms with Gasteiger partial charge < -0.3 is 10.0 Å². The molecular weight excluding hydrogens is 414 g/mol. The van der Waals surface area contributed by atoms with Crippen molar-refractivity contribution in [2.24, 2.45) is 17.3 Å². The SMILES string of the molecule is CN(CCC(=O)O)C(=O)c1ccc2c(c1)CCC1C2CC[C@]2(C)C(c3cncnc3)=CCC12. The minimum Gasteiger partial charge on any atom is -0.481 e. The van der Waals surface area contributed by atoms with E-state index in [1.807, 2.05) is 18.5 Å². The largest absolute Gasteiger partial charge is 0.481 e. The fraction of sp³-hybridized carbons (Fsp3) is 0.481. The molecule has 0 spiro atoms. The number of rotatable bonds is 5. The minimum absolute atomic E-state index is 0.0395. The van der Waals surface area contributed by atoms with E-state index in [4.69, 9.17) is 5.11 Å². The van der Waals surface area contributed by atoms with Crippen LogP contribution in [0.4, 0.5) is 0 Å². The molecule has 0 radical (unpaired) electrons. The zero-order valence-electron chi connectivity index (χ0n) is 19.3. The first-order chi connectivity index (χ1) is 15.9. The number of benzene rings is 1. The van der Waals surface area contributed by atoms with Gasteiger partial charge in [-0.1, -0.05) is 19.1 Å². The summed E-state index contributed by atoms with van der Waals surface area (Å²) in [7, 11) is 1.67. The van der Waals surface area contributed by atoms with Gasteiger partial charge in [0.1, 0.15) is 6.33 Å². The first-order valence-corrected chi connectivity index (χ1v) is 11.9. The number of fused-ring (bicyclic) bond motifs is 5. The Hall–Kier alpha value is -3.02. The van der Waals surface area contributed by atoms with Crippen molar-refractivity contribution in [3.63, 3.8) is 0 Å². The van der Waals surface area contributed by atoms with Crippen molar-refractivity contribution in [1.82, 2.24) is 14.9 Å². The Bertz CT molecular complexity index is 1110. The number of aryl methyl sites for hydroxylation is 1. The van der Waals surface area contributed by atoms with Crippen molar-refractivity contribution in [3.05, 3.63) is 65.2 Å². The number of allylic oxidation sites excluding steroid dienone is 2. The molecule has 3 aliphatic carbocycles. The average molecular weight is 446 g/mol. The number of carbonyl (C=O) groups is 2. The minimum atomic E-state index is -0.889. The van der Waals surface area contributed by atoms with Crippen LogP contribution in [0.5, 0.6) is 0 Å². The van der Waals surface area contributed by atoms with Crippen molar-refractivity contribution in [1.29, 1.82) is 0 Å². The fourth-order valence-electron chi connectivity index (χ4n) is 6.75. The molecule has 3 unspecified atom stereocenters. The molecule has 3 aliphatic rings. The van der Waals surface area contributed by atoms with Gasteiger partial charge in [0.15, 0.2) is 0 Å². The molecule has 1 aromatic carbocycles. The molecule has 172 valence electrons. The summed E-state index contributed by atoms with van der Waals surface area (Å²) in [6, 6.07) is 6.16. The molecule has 0 aliphatic heterocycles. The highest BCUT2D eigenvalue weighted by atomic mass is 16.4. The summed E-state index contributed by atoms with van der Waals surface area (Å²) in [5, 5.41) is 8.90. The van der Waals surface area contributed by atoms with Gasteiger partial charge in [-0.2, -0.15) is 0 Å². The normalized spacial score (nSPS) is 27.7. The van der Waals surface area contributed by atoms with Crippen molar-refractivity contribution in [2.75, 3.05) is 13.6 Å². The second-order valence-corrected chi connectivity index (χ2v) is 10.1. The number of nitrogens with zero attached hydrogens (tertiary/aromatic N) is 3. The molecule has 6 heteroatoms. The van der Waals surface area contributed by atoms with E-state index in [-0.39, 0.29) is 24.3 Å². The zero-order chi connectivity index (χ0) is 23.2. The fourth-order valence-corrected chi connectivity index (χ4v) is 6.75. The first-order valence-electron chi connectivity index (χ1n) is 11.9. The third-order valence-corrected chi connectivity index (χ3v) is 8.43. The van der Waals surface area contributed by atoms with Crippen molar-refractivity contribution in [3.8, 4) is 0 Å². The summed E-state index contributed by atoms with van der Waals surface area (Å²) in [6.45, 7) is 2.65. The van der Waals surface area contributed by atoms with E-state index in [0.717, 1.165) is 37.7 Å². The predicted molar refractivity (Wildman–Crippen MR) is 126 cm³/mol. The third-order valence-electron chi connectivity index (χ3n) is 8.43. The van der Waals surface area contributed by atoms with Crippen molar-refractivity contribution >= 4 is 17.4 Å². The second-order valence-electron chi connectivity index (χ2n) is 10.1. The number of carbonyl (C=O) groups excluding carboxylic acids is 1. The van der Waals surface area contributed by atoms with Crippen LogP contribution in [0.1, 0.15) is 72.0 Å². The van der Waals surface area contributed by atoms with Crippen LogP contribution < -0.4 is 0 Å². The maximum absolute atomic E-state index is 12.8. The van der Waals surface area contributed by atoms with Crippen LogP contribution in [0.25, 0.3) is 5.57 Å². The van der Waals surface area contributed by atoms with Crippen LogP contribution in [-0.2, 0) is 11.2 Å². The Morgan fingerprint density at radius 2 is 2.00 bits per heavy atom. The van der Waals surface area contributed by atoms with Gasteiger partial charge in [-0.05, 0) is 84.1 Å². The molecule has 2 aromatic rings. The van der Waals surface area contributed by atoms with Gasteiger partial charge in [-0.15, -0.1) is 0 Å². The van der Waals surface area contributed by atoms with Gasteiger partial charge in [0, 0.05) is 37.1 Å². The number of hydrogen-bond donors (Lipinski definition) is 1. The topological polar surface area (TPSA) is 83.4 Å². The molecule has 0 saturated heterocycles. The number of amides is 1. The molecule has 1 heterocycles. The molecule has 1 amide bonds. The highest BCUT2D eigenvalue weighted by Gasteiger charge is 2.52. The molecule has 1 N–H and O–H groups in total. The van der Waals surface area contributed by atoms with Gasteiger partial charge >= 0.3 is 5.97 Å². The van der Waals surface area contributed by atoms with Gasteiger partial charge in [-0.25, -0.2) is 9.97 Å². The molecule has 5 rings (SSSR count). The van der Waals surface area contributed by atoms with E-state index in [0.29, 0.717) is 23.3 Å². The lowest BCUT2D eigenvalue weighted by atomic mass is 9.54. The smallest absolute Gasteiger partial charge is 0.305 e. The van der Waals surface area contributed by atoms with E-state index in [9.17, 15) is 9.59 Å². The quantitative estimate of drug-likeness (QED) is 0.729. The van der Waals surface area contributed by atoms with Gasteiger partial charge in [0.05, 0.1) is 6.42 Å². The van der Waals surface area contributed by atoms with E-state index < -0.39 is 5.97 Å². The molecule has 6 nitrogen and oxygen atoms in total.